The van der Waals surface area contributed by atoms with Crippen LogP contribution in [0.25, 0.3) is 0 Å². The third kappa shape index (κ3) is 4.77. The lowest BCUT2D eigenvalue weighted by molar-refractivity contribution is -0.118. The van der Waals surface area contributed by atoms with Gasteiger partial charge in [-0.15, -0.1) is 0 Å². The molecule has 5 nitrogen and oxygen atoms in total. The van der Waals surface area contributed by atoms with Gasteiger partial charge >= 0.3 is 0 Å². The topological polar surface area (TPSA) is 56.8 Å². The number of halogens is 2. The molecule has 23 heavy (non-hydrogen) atoms. The smallest absolute Gasteiger partial charge is 0.262 e. The summed E-state index contributed by atoms with van der Waals surface area (Å²) in [6, 6.07) is 10.3. The first kappa shape index (κ1) is 17.4. The van der Waals surface area contributed by atoms with Crippen molar-refractivity contribution in [2.75, 3.05) is 26.1 Å². The molecular formula is C16H15BrClNO4. The fourth-order valence-corrected chi connectivity index (χ4v) is 2.33. The second kappa shape index (κ2) is 8.08. The first-order valence-electron chi connectivity index (χ1n) is 6.63. The molecule has 0 radical (unpaired) electrons. The van der Waals surface area contributed by atoms with E-state index in [0.29, 0.717) is 28.0 Å². The summed E-state index contributed by atoms with van der Waals surface area (Å²) in [5.41, 5.74) is 0.530. The van der Waals surface area contributed by atoms with Crippen molar-refractivity contribution in [3.8, 4) is 17.2 Å². The molecule has 0 unspecified atom stereocenters. The lowest BCUT2D eigenvalue weighted by atomic mass is 10.2. The zero-order valence-corrected chi connectivity index (χ0v) is 14.9. The number of nitrogens with one attached hydrogen (secondary N) is 1. The fraction of sp³-hybridized carbons (Fsp3) is 0.188. The third-order valence-electron chi connectivity index (χ3n) is 2.93. The van der Waals surface area contributed by atoms with Gasteiger partial charge in [0.25, 0.3) is 5.91 Å². The average molecular weight is 401 g/mol. The number of benzene rings is 2. The monoisotopic (exact) mass is 399 g/mol. The van der Waals surface area contributed by atoms with Gasteiger partial charge in [0.2, 0.25) is 0 Å². The van der Waals surface area contributed by atoms with Crippen LogP contribution in [-0.2, 0) is 4.79 Å². The van der Waals surface area contributed by atoms with Crippen LogP contribution in [0, 0.1) is 0 Å². The van der Waals surface area contributed by atoms with Gasteiger partial charge in [0.15, 0.2) is 6.61 Å². The molecule has 7 heteroatoms. The van der Waals surface area contributed by atoms with Crippen molar-refractivity contribution in [1.82, 2.24) is 0 Å². The minimum absolute atomic E-state index is 0.175. The van der Waals surface area contributed by atoms with Crippen molar-refractivity contribution >= 4 is 39.1 Å². The van der Waals surface area contributed by atoms with Gasteiger partial charge in [0, 0.05) is 10.5 Å². The Morgan fingerprint density at radius 1 is 1.13 bits per heavy atom. The predicted octanol–water partition coefficient (Wildman–Crippen LogP) is 4.14. The van der Waals surface area contributed by atoms with Gasteiger partial charge in [0.1, 0.15) is 17.2 Å². The van der Waals surface area contributed by atoms with E-state index >= 15 is 0 Å². The molecule has 0 spiro atoms. The van der Waals surface area contributed by atoms with Crippen LogP contribution in [0.15, 0.2) is 40.9 Å². The molecule has 0 aliphatic rings. The molecule has 0 saturated heterocycles. The third-order valence-corrected chi connectivity index (χ3v) is 3.74. The molecule has 0 saturated carbocycles. The average Bonchev–Trinajstić information content (AvgIpc) is 2.56. The van der Waals surface area contributed by atoms with Crippen LogP contribution in [0.1, 0.15) is 0 Å². The van der Waals surface area contributed by atoms with E-state index in [9.17, 15) is 4.79 Å². The van der Waals surface area contributed by atoms with Crippen molar-refractivity contribution in [3.05, 3.63) is 45.9 Å². The zero-order valence-electron chi connectivity index (χ0n) is 12.6. The Balaban J connectivity index is 2.01. The SMILES string of the molecule is COc1ccc(NC(=O)COc2cc(Br)ccc2Cl)c(OC)c1. The number of carbonyl (C=O) groups excluding carboxylic acids is 1. The maximum Gasteiger partial charge on any atom is 0.262 e. The maximum absolute atomic E-state index is 12.0. The molecule has 1 amide bonds. The second-order valence-corrected chi connectivity index (χ2v) is 5.80. The number of methoxy groups -OCH3 is 2. The highest BCUT2D eigenvalue weighted by atomic mass is 79.9. The normalized spacial score (nSPS) is 10.1. The van der Waals surface area contributed by atoms with Crippen LogP contribution >= 0.6 is 27.5 Å². The first-order valence-corrected chi connectivity index (χ1v) is 7.80. The van der Waals surface area contributed by atoms with Gasteiger partial charge < -0.3 is 19.5 Å². The van der Waals surface area contributed by atoms with E-state index in [-0.39, 0.29) is 12.5 Å². The quantitative estimate of drug-likeness (QED) is 0.792. The Labute approximate surface area is 147 Å². The van der Waals surface area contributed by atoms with Crippen molar-refractivity contribution in [2.45, 2.75) is 0 Å². The van der Waals surface area contributed by atoms with Crippen LogP contribution < -0.4 is 19.5 Å². The van der Waals surface area contributed by atoms with E-state index in [1.807, 2.05) is 0 Å². The summed E-state index contributed by atoms with van der Waals surface area (Å²) < 4.78 is 16.6. The van der Waals surface area contributed by atoms with Gasteiger partial charge in [-0.05, 0) is 30.3 Å². The molecule has 0 aliphatic heterocycles. The van der Waals surface area contributed by atoms with Gasteiger partial charge in [-0.3, -0.25) is 4.79 Å². The Morgan fingerprint density at radius 3 is 2.61 bits per heavy atom. The largest absolute Gasteiger partial charge is 0.497 e. The summed E-state index contributed by atoms with van der Waals surface area (Å²) in [7, 11) is 3.07. The number of anilines is 1. The van der Waals surface area contributed by atoms with Gasteiger partial charge in [-0.2, -0.15) is 0 Å². The van der Waals surface area contributed by atoms with E-state index in [1.54, 1.807) is 43.5 Å². The molecular weight excluding hydrogens is 386 g/mol. The highest BCUT2D eigenvalue weighted by Gasteiger charge is 2.11. The molecule has 0 atom stereocenters. The van der Waals surface area contributed by atoms with Crippen molar-refractivity contribution in [2.24, 2.45) is 0 Å². The molecule has 2 rings (SSSR count). The highest BCUT2D eigenvalue weighted by Crippen LogP contribution is 2.30. The van der Waals surface area contributed by atoms with Gasteiger partial charge in [0.05, 0.1) is 24.9 Å². The number of amides is 1. The van der Waals surface area contributed by atoms with Gasteiger partial charge in [-0.25, -0.2) is 0 Å². The molecule has 0 fully saturated rings. The highest BCUT2D eigenvalue weighted by molar-refractivity contribution is 9.10. The van der Waals surface area contributed by atoms with E-state index in [2.05, 4.69) is 21.2 Å². The number of hydrogen-bond acceptors (Lipinski definition) is 4. The fourth-order valence-electron chi connectivity index (χ4n) is 1.82. The van der Waals surface area contributed by atoms with Crippen LogP contribution in [0.5, 0.6) is 17.2 Å². The lowest BCUT2D eigenvalue weighted by Crippen LogP contribution is -2.20. The Bertz CT molecular complexity index is 708. The van der Waals surface area contributed by atoms with E-state index in [4.69, 9.17) is 25.8 Å². The molecule has 2 aromatic carbocycles. The van der Waals surface area contributed by atoms with Crippen molar-refractivity contribution < 1.29 is 19.0 Å². The summed E-state index contributed by atoms with van der Waals surface area (Å²) >= 11 is 9.33. The molecule has 1 N–H and O–H groups in total. The van der Waals surface area contributed by atoms with Gasteiger partial charge in [-0.1, -0.05) is 27.5 Å². The van der Waals surface area contributed by atoms with Crippen molar-refractivity contribution in [1.29, 1.82) is 0 Å². The minimum atomic E-state index is -0.329. The summed E-state index contributed by atoms with van der Waals surface area (Å²) in [5, 5.41) is 3.15. The Morgan fingerprint density at radius 2 is 1.91 bits per heavy atom. The number of carbonyl (C=O) groups is 1. The van der Waals surface area contributed by atoms with Crippen molar-refractivity contribution in [3.63, 3.8) is 0 Å². The van der Waals surface area contributed by atoms with E-state index in [1.165, 1.54) is 7.11 Å². The minimum Gasteiger partial charge on any atom is -0.497 e. The molecule has 0 aliphatic carbocycles. The van der Waals surface area contributed by atoms with E-state index in [0.717, 1.165) is 4.47 Å². The zero-order chi connectivity index (χ0) is 16.8. The Kier molecular flexibility index (Phi) is 6.12. The first-order chi connectivity index (χ1) is 11.0. The summed E-state index contributed by atoms with van der Waals surface area (Å²) in [6.07, 6.45) is 0. The summed E-state index contributed by atoms with van der Waals surface area (Å²) in [4.78, 5) is 12.0. The van der Waals surface area contributed by atoms with Crippen LogP contribution in [0.4, 0.5) is 5.69 Å². The molecule has 0 heterocycles. The van der Waals surface area contributed by atoms with E-state index < -0.39 is 0 Å². The molecule has 2 aromatic rings. The molecule has 122 valence electrons. The molecule has 0 aromatic heterocycles. The molecule has 0 bridgehead atoms. The summed E-state index contributed by atoms with van der Waals surface area (Å²) in [5.74, 6) is 1.23. The summed E-state index contributed by atoms with van der Waals surface area (Å²) in [6.45, 7) is -0.175. The van der Waals surface area contributed by atoms with Crippen LogP contribution in [0.2, 0.25) is 5.02 Å². The predicted molar refractivity (Wildman–Crippen MR) is 92.8 cm³/mol. The Hall–Kier alpha value is -1.92. The second-order valence-electron chi connectivity index (χ2n) is 4.48. The number of hydrogen-bond donors (Lipinski definition) is 1. The van der Waals surface area contributed by atoms with Crippen LogP contribution in [0.3, 0.4) is 0 Å². The standard InChI is InChI=1S/C16H15BrClNO4/c1-21-11-4-6-13(15(8-11)22-2)19-16(20)9-23-14-7-10(17)3-5-12(14)18/h3-8H,9H2,1-2H3,(H,19,20). The lowest BCUT2D eigenvalue weighted by Gasteiger charge is -2.12. The number of rotatable bonds is 6. The van der Waals surface area contributed by atoms with Crippen LogP contribution in [-0.4, -0.2) is 26.7 Å². The maximum atomic E-state index is 12.0. The number of ether oxygens (including phenoxy) is 3.